The Hall–Kier alpha value is -2.64. The molecule has 0 spiro atoms. The molecule has 1 amide bonds. The van der Waals surface area contributed by atoms with Gasteiger partial charge in [-0.05, 0) is 56.6 Å². The number of piperazine rings is 1. The van der Waals surface area contributed by atoms with Crippen molar-refractivity contribution in [3.63, 3.8) is 0 Å². The highest BCUT2D eigenvalue weighted by molar-refractivity contribution is 6.29. The van der Waals surface area contributed by atoms with Gasteiger partial charge in [-0.2, -0.15) is 0 Å². The van der Waals surface area contributed by atoms with Gasteiger partial charge >= 0.3 is 0 Å². The summed E-state index contributed by atoms with van der Waals surface area (Å²) in [4.78, 5) is 23.6. The fourth-order valence-corrected chi connectivity index (χ4v) is 4.11. The fourth-order valence-electron chi connectivity index (χ4n) is 3.95. The molecule has 8 heteroatoms. The quantitative estimate of drug-likeness (QED) is 0.494. The number of pyridine rings is 1. The molecule has 2 aromatic rings. The van der Waals surface area contributed by atoms with Crippen molar-refractivity contribution >= 4 is 23.3 Å². The number of nitrogens with zero attached hydrogens (tertiary/aromatic N) is 4. The van der Waals surface area contributed by atoms with Crippen LogP contribution in [0.25, 0.3) is 0 Å². The van der Waals surface area contributed by atoms with Crippen molar-refractivity contribution in [1.82, 2.24) is 14.8 Å². The standard InChI is InChI=1S/C23H26ClFN4O2/c1-17-16-31-20-8-7-18(25)15-19(20)23(30)29(17)10-3-2-9-27-11-13-28(14-12-27)22-6-4-5-21(24)26-22/h4-8,15-16H,2-3,9-14H2,1H3. The second-order valence-electron chi connectivity index (χ2n) is 7.83. The summed E-state index contributed by atoms with van der Waals surface area (Å²) in [6.45, 7) is 7.16. The summed E-state index contributed by atoms with van der Waals surface area (Å²) in [6.07, 6.45) is 3.39. The summed E-state index contributed by atoms with van der Waals surface area (Å²) in [6, 6.07) is 9.74. The maximum atomic E-state index is 13.6. The molecule has 2 aliphatic rings. The van der Waals surface area contributed by atoms with Crippen molar-refractivity contribution in [3.8, 4) is 5.75 Å². The molecule has 0 aliphatic carbocycles. The van der Waals surface area contributed by atoms with E-state index in [1.165, 1.54) is 18.2 Å². The molecule has 1 aromatic heterocycles. The zero-order chi connectivity index (χ0) is 21.8. The number of hydrogen-bond donors (Lipinski definition) is 0. The van der Waals surface area contributed by atoms with Crippen molar-refractivity contribution in [3.05, 3.63) is 64.9 Å². The van der Waals surface area contributed by atoms with Gasteiger partial charge in [-0.15, -0.1) is 0 Å². The Morgan fingerprint density at radius 3 is 2.65 bits per heavy atom. The van der Waals surface area contributed by atoms with Gasteiger partial charge in [0, 0.05) is 32.7 Å². The Morgan fingerprint density at radius 2 is 1.87 bits per heavy atom. The topological polar surface area (TPSA) is 48.9 Å². The molecule has 1 fully saturated rings. The number of carbonyl (C=O) groups is 1. The number of halogens is 2. The van der Waals surface area contributed by atoms with E-state index in [1.807, 2.05) is 19.1 Å². The Kier molecular flexibility index (Phi) is 6.73. The second kappa shape index (κ2) is 9.66. The van der Waals surface area contributed by atoms with Crippen molar-refractivity contribution in [2.75, 3.05) is 44.2 Å². The number of rotatable bonds is 6. The number of aromatic nitrogens is 1. The van der Waals surface area contributed by atoms with Gasteiger partial charge in [-0.3, -0.25) is 9.69 Å². The van der Waals surface area contributed by atoms with Crippen molar-refractivity contribution in [2.24, 2.45) is 0 Å². The summed E-state index contributed by atoms with van der Waals surface area (Å²) in [5.41, 5.74) is 0.989. The third kappa shape index (κ3) is 5.17. The SMILES string of the molecule is CC1=COc2ccc(F)cc2C(=O)N1CCCCN1CCN(c2cccc(Cl)n2)CC1. The number of hydrogen-bond acceptors (Lipinski definition) is 5. The summed E-state index contributed by atoms with van der Waals surface area (Å²) in [7, 11) is 0. The highest BCUT2D eigenvalue weighted by atomic mass is 35.5. The second-order valence-corrected chi connectivity index (χ2v) is 8.22. The van der Waals surface area contributed by atoms with Crippen LogP contribution in [0.15, 0.2) is 48.4 Å². The first-order valence-electron chi connectivity index (χ1n) is 10.6. The van der Waals surface area contributed by atoms with Crippen LogP contribution in [0, 0.1) is 5.82 Å². The van der Waals surface area contributed by atoms with Gasteiger partial charge < -0.3 is 14.5 Å². The molecule has 0 saturated carbocycles. The predicted octanol–water partition coefficient (Wildman–Crippen LogP) is 4.17. The Morgan fingerprint density at radius 1 is 1.10 bits per heavy atom. The molecule has 6 nitrogen and oxygen atoms in total. The molecule has 0 N–H and O–H groups in total. The van der Waals surface area contributed by atoms with E-state index >= 15 is 0 Å². The van der Waals surface area contributed by atoms with Gasteiger partial charge in [0.1, 0.15) is 28.8 Å². The maximum absolute atomic E-state index is 13.6. The maximum Gasteiger partial charge on any atom is 0.262 e. The summed E-state index contributed by atoms with van der Waals surface area (Å²) in [5.74, 6) is 0.652. The van der Waals surface area contributed by atoms with Gasteiger partial charge in [-0.1, -0.05) is 17.7 Å². The summed E-state index contributed by atoms with van der Waals surface area (Å²) < 4.78 is 19.2. The number of allylic oxidation sites excluding steroid dienone is 1. The first-order valence-corrected chi connectivity index (χ1v) is 10.9. The third-order valence-corrected chi connectivity index (χ3v) is 5.91. The first-order chi connectivity index (χ1) is 15.0. The highest BCUT2D eigenvalue weighted by Gasteiger charge is 2.25. The summed E-state index contributed by atoms with van der Waals surface area (Å²) >= 11 is 6.00. The van der Waals surface area contributed by atoms with Crippen LogP contribution in [-0.4, -0.2) is 60.0 Å². The van der Waals surface area contributed by atoms with Gasteiger partial charge in [0.25, 0.3) is 5.91 Å². The van der Waals surface area contributed by atoms with E-state index in [4.69, 9.17) is 16.3 Å². The normalized spacial score (nSPS) is 17.1. The molecule has 4 rings (SSSR count). The molecular weight excluding hydrogens is 419 g/mol. The molecule has 1 saturated heterocycles. The number of ether oxygens (including phenoxy) is 1. The van der Waals surface area contributed by atoms with Crippen LogP contribution in [-0.2, 0) is 0 Å². The largest absolute Gasteiger partial charge is 0.462 e. The Balaban J connectivity index is 1.25. The monoisotopic (exact) mass is 444 g/mol. The van der Waals surface area contributed by atoms with Crippen LogP contribution >= 0.6 is 11.6 Å². The molecule has 0 unspecified atom stereocenters. The van der Waals surface area contributed by atoms with Gasteiger partial charge in [0.15, 0.2) is 0 Å². The number of amides is 1. The molecular formula is C23H26ClFN4O2. The van der Waals surface area contributed by atoms with E-state index in [-0.39, 0.29) is 11.5 Å². The van der Waals surface area contributed by atoms with E-state index in [9.17, 15) is 9.18 Å². The molecule has 0 radical (unpaired) electrons. The number of anilines is 1. The van der Waals surface area contributed by atoms with E-state index in [0.717, 1.165) is 57.1 Å². The Labute approximate surface area is 186 Å². The van der Waals surface area contributed by atoms with Crippen LogP contribution in [0.3, 0.4) is 0 Å². The highest BCUT2D eigenvalue weighted by Crippen LogP contribution is 2.27. The number of fused-ring (bicyclic) bond motifs is 1. The summed E-state index contributed by atoms with van der Waals surface area (Å²) in [5, 5.41) is 0.517. The lowest BCUT2D eigenvalue weighted by Gasteiger charge is -2.35. The lowest BCUT2D eigenvalue weighted by atomic mass is 10.1. The van der Waals surface area contributed by atoms with E-state index in [0.29, 0.717) is 17.4 Å². The first kappa shape index (κ1) is 21.6. The fraction of sp³-hybridized carbons (Fsp3) is 0.391. The van der Waals surface area contributed by atoms with Crippen LogP contribution in [0.2, 0.25) is 5.15 Å². The van der Waals surface area contributed by atoms with Crippen LogP contribution in [0.1, 0.15) is 30.1 Å². The average molecular weight is 445 g/mol. The minimum atomic E-state index is -0.442. The van der Waals surface area contributed by atoms with Crippen molar-refractivity contribution < 1.29 is 13.9 Å². The number of benzene rings is 1. The Bertz CT molecular complexity index is 976. The molecule has 0 atom stereocenters. The minimum absolute atomic E-state index is 0.219. The van der Waals surface area contributed by atoms with E-state index in [2.05, 4.69) is 14.8 Å². The molecule has 31 heavy (non-hydrogen) atoms. The van der Waals surface area contributed by atoms with E-state index < -0.39 is 5.82 Å². The molecule has 3 heterocycles. The predicted molar refractivity (Wildman–Crippen MR) is 119 cm³/mol. The van der Waals surface area contributed by atoms with E-state index in [1.54, 1.807) is 17.2 Å². The van der Waals surface area contributed by atoms with Crippen LogP contribution < -0.4 is 9.64 Å². The van der Waals surface area contributed by atoms with Gasteiger partial charge in [-0.25, -0.2) is 9.37 Å². The molecule has 0 bridgehead atoms. The zero-order valence-electron chi connectivity index (χ0n) is 17.6. The molecule has 2 aliphatic heterocycles. The lowest BCUT2D eigenvalue weighted by Crippen LogP contribution is -2.47. The number of carbonyl (C=O) groups excluding carboxylic acids is 1. The van der Waals surface area contributed by atoms with Gasteiger partial charge in [0.05, 0.1) is 11.3 Å². The van der Waals surface area contributed by atoms with Gasteiger partial charge in [0.2, 0.25) is 0 Å². The smallest absolute Gasteiger partial charge is 0.262 e. The molecule has 1 aromatic carbocycles. The third-order valence-electron chi connectivity index (χ3n) is 5.70. The zero-order valence-corrected chi connectivity index (χ0v) is 18.3. The minimum Gasteiger partial charge on any atom is -0.462 e. The van der Waals surface area contributed by atoms with Crippen molar-refractivity contribution in [2.45, 2.75) is 19.8 Å². The van der Waals surface area contributed by atoms with Crippen molar-refractivity contribution in [1.29, 1.82) is 0 Å². The molecule has 164 valence electrons. The average Bonchev–Trinajstić information content (AvgIpc) is 2.88. The lowest BCUT2D eigenvalue weighted by molar-refractivity contribution is 0.0804. The van der Waals surface area contributed by atoms with Crippen LogP contribution in [0.5, 0.6) is 5.75 Å². The van der Waals surface area contributed by atoms with Crippen LogP contribution in [0.4, 0.5) is 10.2 Å². The number of unbranched alkanes of at least 4 members (excludes halogenated alkanes) is 1.